The first kappa shape index (κ1) is 16.4. The highest BCUT2D eigenvalue weighted by molar-refractivity contribution is 5.30. The minimum Gasteiger partial charge on any atom is -0.208 e. The topological polar surface area (TPSA) is 131 Å². The standard InChI is InChI=1S/C13H15N7O/c1-10-4-11(20(18-21)19(2)3)13(8-16,9-17)5-12(10,6-14)7-15/h10-11H,4-5H2,1-3H3. The summed E-state index contributed by atoms with van der Waals surface area (Å²) >= 11 is 0. The molecule has 1 aliphatic rings. The van der Waals surface area contributed by atoms with Crippen LogP contribution in [0.2, 0.25) is 0 Å². The Balaban J connectivity index is 3.41. The van der Waals surface area contributed by atoms with Gasteiger partial charge in [-0.1, -0.05) is 6.92 Å². The van der Waals surface area contributed by atoms with Crippen molar-refractivity contribution in [2.45, 2.75) is 25.8 Å². The number of nitroso groups, excluding NO2 is 1. The zero-order chi connectivity index (χ0) is 16.3. The van der Waals surface area contributed by atoms with E-state index < -0.39 is 22.8 Å². The Hall–Kier alpha value is -2.68. The fourth-order valence-electron chi connectivity index (χ4n) is 2.75. The van der Waals surface area contributed by atoms with Crippen molar-refractivity contribution < 1.29 is 0 Å². The number of hydrogen-bond acceptors (Lipinski definition) is 7. The van der Waals surface area contributed by atoms with Gasteiger partial charge in [-0.05, 0) is 12.3 Å². The Labute approximate surface area is 123 Å². The van der Waals surface area contributed by atoms with Gasteiger partial charge in [0.05, 0.1) is 29.6 Å². The Morgan fingerprint density at radius 3 is 1.86 bits per heavy atom. The van der Waals surface area contributed by atoms with Gasteiger partial charge in [0.1, 0.15) is 11.5 Å². The Morgan fingerprint density at radius 2 is 1.52 bits per heavy atom. The second-order valence-electron chi connectivity index (χ2n) is 5.47. The molecule has 0 heterocycles. The molecule has 108 valence electrons. The van der Waals surface area contributed by atoms with E-state index in [2.05, 4.69) is 5.29 Å². The average molecular weight is 285 g/mol. The molecule has 21 heavy (non-hydrogen) atoms. The van der Waals surface area contributed by atoms with E-state index in [0.717, 1.165) is 5.12 Å². The quantitative estimate of drug-likeness (QED) is 0.564. The normalized spacial score (nSPS) is 25.7. The molecule has 1 aliphatic carbocycles. The molecule has 0 aliphatic heterocycles. The predicted molar refractivity (Wildman–Crippen MR) is 70.8 cm³/mol. The minimum absolute atomic E-state index is 0.173. The van der Waals surface area contributed by atoms with Crippen LogP contribution in [0.1, 0.15) is 19.8 Å². The summed E-state index contributed by atoms with van der Waals surface area (Å²) in [7, 11) is 3.14. The van der Waals surface area contributed by atoms with Crippen molar-refractivity contribution in [3.8, 4) is 24.3 Å². The average Bonchev–Trinajstić information content (AvgIpc) is 2.49. The zero-order valence-electron chi connectivity index (χ0n) is 12.1. The molecule has 0 amide bonds. The van der Waals surface area contributed by atoms with Crippen molar-refractivity contribution in [3.05, 3.63) is 4.91 Å². The highest BCUT2D eigenvalue weighted by atomic mass is 16.3. The second kappa shape index (κ2) is 5.75. The second-order valence-corrected chi connectivity index (χ2v) is 5.47. The molecular formula is C13H15N7O. The van der Waals surface area contributed by atoms with Crippen LogP contribution in [0.4, 0.5) is 0 Å². The lowest BCUT2D eigenvalue weighted by molar-refractivity contribution is -0.0802. The summed E-state index contributed by atoms with van der Waals surface area (Å²) in [5.41, 5.74) is -3.06. The van der Waals surface area contributed by atoms with Crippen LogP contribution in [-0.2, 0) is 0 Å². The van der Waals surface area contributed by atoms with Crippen LogP contribution in [0.25, 0.3) is 0 Å². The molecule has 0 aromatic rings. The van der Waals surface area contributed by atoms with Crippen molar-refractivity contribution in [1.82, 2.24) is 10.1 Å². The van der Waals surface area contributed by atoms with Crippen LogP contribution < -0.4 is 0 Å². The van der Waals surface area contributed by atoms with E-state index in [9.17, 15) is 26.0 Å². The Bertz CT molecular complexity index is 558. The molecule has 0 saturated heterocycles. The molecule has 1 saturated carbocycles. The largest absolute Gasteiger partial charge is 0.208 e. The SMILES string of the molecule is CC1CC(N(N=O)N(C)C)C(C#N)(C#N)CC1(C#N)C#N. The molecule has 0 aromatic heterocycles. The van der Waals surface area contributed by atoms with Crippen LogP contribution in [0, 0.1) is 67.0 Å². The van der Waals surface area contributed by atoms with E-state index in [1.54, 1.807) is 21.0 Å². The molecule has 8 nitrogen and oxygen atoms in total. The number of rotatable bonds is 3. The molecule has 0 spiro atoms. The first-order chi connectivity index (χ1) is 9.86. The fourth-order valence-corrected chi connectivity index (χ4v) is 2.75. The summed E-state index contributed by atoms with van der Waals surface area (Å²) < 4.78 is 0. The first-order valence-corrected chi connectivity index (χ1v) is 6.31. The number of nitriles is 4. The van der Waals surface area contributed by atoms with Crippen molar-refractivity contribution in [1.29, 1.82) is 21.0 Å². The molecule has 0 aromatic carbocycles. The molecule has 0 N–H and O–H groups in total. The summed E-state index contributed by atoms with van der Waals surface area (Å²) in [6.07, 6.45) is -0.0577. The van der Waals surface area contributed by atoms with Crippen LogP contribution in [-0.4, -0.2) is 30.3 Å². The summed E-state index contributed by atoms with van der Waals surface area (Å²) in [6, 6.07) is 6.88. The highest BCUT2D eigenvalue weighted by Crippen LogP contribution is 2.50. The molecule has 8 heteroatoms. The van der Waals surface area contributed by atoms with E-state index >= 15 is 0 Å². The van der Waals surface area contributed by atoms with E-state index in [1.807, 2.05) is 24.3 Å². The third-order valence-corrected chi connectivity index (χ3v) is 4.11. The molecule has 2 atom stereocenters. The van der Waals surface area contributed by atoms with Gasteiger partial charge >= 0.3 is 0 Å². The van der Waals surface area contributed by atoms with Gasteiger partial charge in [-0.25, -0.2) is 5.01 Å². The van der Waals surface area contributed by atoms with Gasteiger partial charge in [0.25, 0.3) is 0 Å². The summed E-state index contributed by atoms with van der Waals surface area (Å²) in [5, 5.41) is 42.9. The maximum atomic E-state index is 11.1. The van der Waals surface area contributed by atoms with Gasteiger partial charge < -0.3 is 0 Å². The van der Waals surface area contributed by atoms with E-state index in [0.29, 0.717) is 0 Å². The van der Waals surface area contributed by atoms with Crippen molar-refractivity contribution in [3.63, 3.8) is 0 Å². The van der Waals surface area contributed by atoms with Gasteiger partial charge in [-0.3, -0.25) is 0 Å². The van der Waals surface area contributed by atoms with Gasteiger partial charge in [0.2, 0.25) is 0 Å². The van der Waals surface area contributed by atoms with Gasteiger partial charge in [0.15, 0.2) is 5.41 Å². The van der Waals surface area contributed by atoms with E-state index in [1.165, 1.54) is 5.01 Å². The van der Waals surface area contributed by atoms with Gasteiger partial charge in [0, 0.05) is 20.5 Å². The number of nitrogens with zero attached hydrogens (tertiary/aromatic N) is 7. The van der Waals surface area contributed by atoms with Crippen molar-refractivity contribution in [2.75, 3.05) is 14.1 Å². The highest BCUT2D eigenvalue weighted by Gasteiger charge is 2.58. The smallest absolute Gasteiger partial charge is 0.169 e. The summed E-state index contributed by atoms with van der Waals surface area (Å²) in [5.74, 6) is -0.392. The minimum atomic E-state index is -1.64. The Kier molecular flexibility index (Phi) is 4.48. The maximum Gasteiger partial charge on any atom is 0.169 e. The van der Waals surface area contributed by atoms with E-state index in [-0.39, 0.29) is 12.8 Å². The lowest BCUT2D eigenvalue weighted by Gasteiger charge is -2.46. The Morgan fingerprint density at radius 1 is 1.05 bits per heavy atom. The zero-order valence-corrected chi connectivity index (χ0v) is 12.1. The lowest BCUT2D eigenvalue weighted by Crippen LogP contribution is -2.56. The summed E-state index contributed by atoms with van der Waals surface area (Å²) in [6.45, 7) is 1.71. The van der Waals surface area contributed by atoms with Crippen LogP contribution in [0.15, 0.2) is 5.29 Å². The molecule has 2 unspecified atom stereocenters. The molecule has 1 rings (SSSR count). The van der Waals surface area contributed by atoms with Crippen LogP contribution in [0.3, 0.4) is 0 Å². The van der Waals surface area contributed by atoms with Crippen LogP contribution >= 0.6 is 0 Å². The maximum absolute atomic E-state index is 11.1. The van der Waals surface area contributed by atoms with Crippen LogP contribution in [0.5, 0.6) is 0 Å². The lowest BCUT2D eigenvalue weighted by atomic mass is 9.57. The van der Waals surface area contributed by atoms with Crippen molar-refractivity contribution in [2.24, 2.45) is 22.0 Å². The van der Waals surface area contributed by atoms with Crippen molar-refractivity contribution >= 4 is 0 Å². The number of hydrazine groups is 1. The van der Waals surface area contributed by atoms with E-state index in [4.69, 9.17) is 0 Å². The third-order valence-electron chi connectivity index (χ3n) is 4.11. The van der Waals surface area contributed by atoms with Gasteiger partial charge in [-0.2, -0.15) is 26.2 Å². The monoisotopic (exact) mass is 285 g/mol. The van der Waals surface area contributed by atoms with Gasteiger partial charge in [-0.15, -0.1) is 4.91 Å². The molecule has 1 fully saturated rings. The third kappa shape index (κ3) is 2.38. The molecule has 0 radical (unpaired) electrons. The molecular weight excluding hydrogens is 270 g/mol. The summed E-state index contributed by atoms with van der Waals surface area (Å²) in [4.78, 5) is 11.1. The molecule has 0 bridgehead atoms. The fraction of sp³-hybridized carbons (Fsp3) is 0.692. The first-order valence-electron chi connectivity index (χ1n) is 6.31. The predicted octanol–water partition coefficient (Wildman–Crippen LogP) is 1.31. The number of hydrogen-bond donors (Lipinski definition) is 0.